The number of halogens is 4. The Labute approximate surface area is 159 Å². The van der Waals surface area contributed by atoms with Gasteiger partial charge < -0.3 is 5.32 Å². The number of hydrogen-bond acceptors (Lipinski definition) is 4. The highest BCUT2D eigenvalue weighted by molar-refractivity contribution is 7.89. The van der Waals surface area contributed by atoms with Crippen LogP contribution in [0.1, 0.15) is 15.9 Å². The number of Topliss-reactive ketones (excluding diaryl/α,β-unsaturated/α-hetero) is 1. The van der Waals surface area contributed by atoms with Crippen LogP contribution in [0, 0.1) is 0 Å². The van der Waals surface area contributed by atoms with Crippen LogP contribution in [0.25, 0.3) is 0 Å². The summed E-state index contributed by atoms with van der Waals surface area (Å²) in [6, 6.07) is 8.14. The van der Waals surface area contributed by atoms with Gasteiger partial charge in [0.2, 0.25) is 10.0 Å². The van der Waals surface area contributed by atoms with Crippen LogP contribution in [0.15, 0.2) is 47.4 Å². The highest BCUT2D eigenvalue weighted by atomic mass is 35.5. The van der Waals surface area contributed by atoms with Crippen LogP contribution < -0.4 is 5.32 Å². The highest BCUT2D eigenvalue weighted by Crippen LogP contribution is 2.33. The van der Waals surface area contributed by atoms with Gasteiger partial charge in [-0.25, -0.2) is 12.7 Å². The zero-order valence-corrected chi connectivity index (χ0v) is 15.9. The van der Waals surface area contributed by atoms with Crippen LogP contribution in [0.3, 0.4) is 0 Å². The van der Waals surface area contributed by atoms with Gasteiger partial charge in [-0.15, -0.1) is 0 Å². The lowest BCUT2D eigenvalue weighted by Crippen LogP contribution is -2.22. The summed E-state index contributed by atoms with van der Waals surface area (Å²) in [5.74, 6) is -0.501. The van der Waals surface area contributed by atoms with E-state index in [1.54, 1.807) is 0 Å². The molecule has 1 N–H and O–H groups in total. The molecular weight excluding hydrogens is 405 g/mol. The second kappa shape index (κ2) is 7.87. The number of rotatable bonds is 6. The highest BCUT2D eigenvalue weighted by Gasteiger charge is 2.31. The molecule has 5 nitrogen and oxygen atoms in total. The molecule has 0 aliphatic heterocycles. The molecule has 0 heterocycles. The number of nitrogens with one attached hydrogen (secondary N) is 1. The van der Waals surface area contributed by atoms with Gasteiger partial charge in [-0.05, 0) is 30.3 Å². The van der Waals surface area contributed by atoms with Crippen molar-refractivity contribution in [3.05, 3.63) is 58.6 Å². The van der Waals surface area contributed by atoms with E-state index in [9.17, 15) is 26.4 Å². The van der Waals surface area contributed by atoms with Crippen molar-refractivity contribution in [2.24, 2.45) is 0 Å². The molecule has 2 rings (SSSR count). The molecule has 0 fully saturated rings. The zero-order valence-electron chi connectivity index (χ0n) is 14.3. The van der Waals surface area contributed by atoms with Gasteiger partial charge in [0.15, 0.2) is 5.78 Å². The van der Waals surface area contributed by atoms with Crippen LogP contribution >= 0.6 is 11.6 Å². The van der Waals surface area contributed by atoms with E-state index in [0.717, 1.165) is 22.5 Å². The van der Waals surface area contributed by atoms with Crippen molar-refractivity contribution in [2.75, 3.05) is 26.0 Å². The van der Waals surface area contributed by atoms with Gasteiger partial charge in [0.1, 0.15) is 0 Å². The SMILES string of the molecule is CN(C)S(=O)(=O)c1cccc(C(=O)CNc2cc(C(F)(F)F)ccc2Cl)c1. The number of hydrogen-bond donors (Lipinski definition) is 1. The van der Waals surface area contributed by atoms with Crippen LogP contribution in [0.5, 0.6) is 0 Å². The quantitative estimate of drug-likeness (QED) is 0.720. The number of carbonyl (C=O) groups is 1. The lowest BCUT2D eigenvalue weighted by atomic mass is 10.1. The maximum Gasteiger partial charge on any atom is 0.416 e. The predicted octanol–water partition coefficient (Wildman–Crippen LogP) is 3.90. The lowest BCUT2D eigenvalue weighted by molar-refractivity contribution is -0.137. The van der Waals surface area contributed by atoms with Gasteiger partial charge in [0, 0.05) is 19.7 Å². The van der Waals surface area contributed by atoms with E-state index in [1.807, 2.05) is 0 Å². The van der Waals surface area contributed by atoms with Crippen molar-refractivity contribution in [1.82, 2.24) is 4.31 Å². The molecule has 0 amide bonds. The second-order valence-corrected chi connectivity index (χ2v) is 8.34. The molecule has 10 heteroatoms. The van der Waals surface area contributed by atoms with Gasteiger partial charge in [-0.3, -0.25) is 4.79 Å². The van der Waals surface area contributed by atoms with Crippen LogP contribution in [0.4, 0.5) is 18.9 Å². The van der Waals surface area contributed by atoms with Crippen molar-refractivity contribution in [3.8, 4) is 0 Å². The Bertz CT molecular complexity index is 960. The first-order chi connectivity index (χ1) is 12.4. The van der Waals surface area contributed by atoms with Crippen LogP contribution in [-0.4, -0.2) is 39.1 Å². The summed E-state index contributed by atoms with van der Waals surface area (Å²) in [4.78, 5) is 12.3. The fraction of sp³-hybridized carbons (Fsp3) is 0.235. The monoisotopic (exact) mass is 420 g/mol. The average Bonchev–Trinajstić information content (AvgIpc) is 2.59. The minimum Gasteiger partial charge on any atom is -0.376 e. The molecule has 0 unspecified atom stereocenters. The summed E-state index contributed by atoms with van der Waals surface area (Å²) in [6.45, 7) is -0.355. The van der Waals surface area contributed by atoms with E-state index in [0.29, 0.717) is 0 Å². The molecule has 0 saturated carbocycles. The molecule has 0 aliphatic rings. The van der Waals surface area contributed by atoms with E-state index >= 15 is 0 Å². The summed E-state index contributed by atoms with van der Waals surface area (Å²) in [5, 5.41) is 2.59. The molecule has 0 aliphatic carbocycles. The Balaban J connectivity index is 2.20. The number of ketones is 1. The summed E-state index contributed by atoms with van der Waals surface area (Å²) in [7, 11) is -0.990. The fourth-order valence-electron chi connectivity index (χ4n) is 2.16. The Morgan fingerprint density at radius 2 is 1.81 bits per heavy atom. The van der Waals surface area contributed by atoms with Crippen LogP contribution in [-0.2, 0) is 16.2 Å². The molecule has 0 aromatic heterocycles. The number of anilines is 1. The maximum absolute atomic E-state index is 12.8. The predicted molar refractivity (Wildman–Crippen MR) is 96.6 cm³/mol. The molecule has 2 aromatic rings. The second-order valence-electron chi connectivity index (χ2n) is 5.78. The zero-order chi connectivity index (χ0) is 20.4. The first-order valence-corrected chi connectivity index (χ1v) is 9.41. The third kappa shape index (κ3) is 5.00. The summed E-state index contributed by atoms with van der Waals surface area (Å²) >= 11 is 5.87. The molecule has 0 atom stereocenters. The van der Waals surface area contributed by atoms with E-state index in [2.05, 4.69) is 5.32 Å². The van der Waals surface area contributed by atoms with E-state index in [4.69, 9.17) is 11.6 Å². The third-order valence-corrected chi connectivity index (χ3v) is 5.81. The van der Waals surface area contributed by atoms with Gasteiger partial charge in [0.05, 0.1) is 27.7 Å². The summed E-state index contributed by atoms with van der Waals surface area (Å²) < 4.78 is 63.6. The molecule has 0 spiro atoms. The Kier molecular flexibility index (Phi) is 6.18. The number of sulfonamides is 1. The molecule has 146 valence electrons. The molecule has 27 heavy (non-hydrogen) atoms. The van der Waals surface area contributed by atoms with Gasteiger partial charge in [-0.1, -0.05) is 23.7 Å². The first-order valence-electron chi connectivity index (χ1n) is 7.59. The maximum atomic E-state index is 12.8. The number of alkyl halides is 3. The average molecular weight is 421 g/mol. The number of benzene rings is 2. The minimum absolute atomic E-state index is 0.0275. The van der Waals surface area contributed by atoms with Gasteiger partial charge >= 0.3 is 6.18 Å². The first kappa shape index (κ1) is 21.2. The Morgan fingerprint density at radius 3 is 2.41 bits per heavy atom. The largest absolute Gasteiger partial charge is 0.416 e. The van der Waals surface area contributed by atoms with Crippen molar-refractivity contribution in [2.45, 2.75) is 11.1 Å². The van der Waals surface area contributed by atoms with Gasteiger partial charge in [0.25, 0.3) is 0 Å². The molecular formula is C17H16ClF3N2O3S. The molecule has 2 aromatic carbocycles. The van der Waals surface area contributed by atoms with Crippen molar-refractivity contribution in [1.29, 1.82) is 0 Å². The van der Waals surface area contributed by atoms with Crippen molar-refractivity contribution in [3.63, 3.8) is 0 Å². The molecule has 0 saturated heterocycles. The standard InChI is InChI=1S/C17H16ClF3N2O3S/c1-23(2)27(25,26)13-5-3-4-11(8-13)16(24)10-22-15-9-12(17(19,20)21)6-7-14(15)18/h3-9,22H,10H2,1-2H3. The van der Waals surface area contributed by atoms with E-state index in [-0.39, 0.29) is 27.7 Å². The lowest BCUT2D eigenvalue weighted by Gasteiger charge is -2.13. The Hall–Kier alpha value is -2.10. The van der Waals surface area contributed by atoms with E-state index in [1.165, 1.54) is 38.4 Å². The normalized spacial score (nSPS) is 12.3. The molecule has 0 radical (unpaired) electrons. The number of carbonyl (C=O) groups excluding carboxylic acids is 1. The van der Waals surface area contributed by atoms with Gasteiger partial charge in [-0.2, -0.15) is 13.2 Å². The Morgan fingerprint density at radius 1 is 1.15 bits per heavy atom. The fourth-order valence-corrected chi connectivity index (χ4v) is 3.29. The third-order valence-electron chi connectivity index (χ3n) is 3.67. The van der Waals surface area contributed by atoms with Crippen LogP contribution in [0.2, 0.25) is 5.02 Å². The van der Waals surface area contributed by atoms with E-state index < -0.39 is 27.5 Å². The van der Waals surface area contributed by atoms with Crippen molar-refractivity contribution >= 4 is 33.1 Å². The minimum atomic E-state index is -4.54. The number of nitrogens with zero attached hydrogens (tertiary/aromatic N) is 1. The van der Waals surface area contributed by atoms with Crippen molar-refractivity contribution < 1.29 is 26.4 Å². The summed E-state index contributed by atoms with van der Waals surface area (Å²) in [5.41, 5.74) is -0.841. The topological polar surface area (TPSA) is 66.5 Å². The molecule has 0 bridgehead atoms. The smallest absolute Gasteiger partial charge is 0.376 e. The summed E-state index contributed by atoms with van der Waals surface area (Å²) in [6.07, 6.45) is -4.54.